The standard InChI is InChI=1S/C25H24N2O5S/c1-33(30,31)27-16-21-10-6-5-9-20(21)15-23(27)25(29)32-17-24(28)26-22-13-11-19(12-14-22)18-7-3-2-4-8-18/h2-14,23H,15-17H2,1H3,(H,26,28)/t23-/m0/s1. The molecule has 0 spiro atoms. The summed E-state index contributed by atoms with van der Waals surface area (Å²) in [5.74, 6) is -1.25. The quantitative estimate of drug-likeness (QED) is 0.566. The van der Waals surface area contributed by atoms with Gasteiger partial charge < -0.3 is 10.1 Å². The molecule has 1 N–H and O–H groups in total. The molecule has 7 nitrogen and oxygen atoms in total. The van der Waals surface area contributed by atoms with Crippen molar-refractivity contribution in [3.63, 3.8) is 0 Å². The number of nitrogens with zero attached hydrogens (tertiary/aromatic N) is 1. The van der Waals surface area contributed by atoms with Crippen LogP contribution in [0.3, 0.4) is 0 Å². The fourth-order valence-corrected chi connectivity index (χ4v) is 4.85. The Morgan fingerprint density at radius 2 is 1.52 bits per heavy atom. The molecule has 0 aliphatic carbocycles. The first-order chi connectivity index (χ1) is 15.8. The van der Waals surface area contributed by atoms with Gasteiger partial charge in [-0.2, -0.15) is 4.31 Å². The van der Waals surface area contributed by atoms with Crippen LogP contribution in [0.15, 0.2) is 78.9 Å². The Morgan fingerprint density at radius 3 is 2.18 bits per heavy atom. The van der Waals surface area contributed by atoms with Gasteiger partial charge in [-0.25, -0.2) is 8.42 Å². The molecule has 1 aliphatic heterocycles. The highest BCUT2D eigenvalue weighted by molar-refractivity contribution is 7.88. The van der Waals surface area contributed by atoms with Gasteiger partial charge in [-0.05, 0) is 34.4 Å². The summed E-state index contributed by atoms with van der Waals surface area (Å²) in [6, 6.07) is 23.5. The molecule has 0 aromatic heterocycles. The largest absolute Gasteiger partial charge is 0.454 e. The zero-order chi connectivity index (χ0) is 23.4. The molecule has 0 bridgehead atoms. The molecule has 1 aliphatic rings. The summed E-state index contributed by atoms with van der Waals surface area (Å²) in [5.41, 5.74) is 4.39. The normalized spacial score (nSPS) is 16.0. The Bertz CT molecular complexity index is 1260. The summed E-state index contributed by atoms with van der Waals surface area (Å²) in [4.78, 5) is 25.0. The molecular weight excluding hydrogens is 440 g/mol. The molecular formula is C25H24N2O5S. The Morgan fingerprint density at radius 1 is 0.909 bits per heavy atom. The number of esters is 1. The van der Waals surface area contributed by atoms with Crippen LogP contribution < -0.4 is 5.32 Å². The third kappa shape index (κ3) is 5.47. The van der Waals surface area contributed by atoms with Crippen LogP contribution in [0, 0.1) is 0 Å². The third-order valence-electron chi connectivity index (χ3n) is 5.52. The zero-order valence-corrected chi connectivity index (χ0v) is 18.9. The monoisotopic (exact) mass is 464 g/mol. The summed E-state index contributed by atoms with van der Waals surface area (Å²) < 4.78 is 30.8. The highest BCUT2D eigenvalue weighted by Crippen LogP contribution is 2.26. The minimum absolute atomic E-state index is 0.0920. The van der Waals surface area contributed by atoms with E-state index in [1.54, 1.807) is 12.1 Å². The van der Waals surface area contributed by atoms with Gasteiger partial charge in [0, 0.05) is 18.7 Å². The first-order valence-corrected chi connectivity index (χ1v) is 12.3. The number of carbonyl (C=O) groups excluding carboxylic acids is 2. The van der Waals surface area contributed by atoms with Crippen molar-refractivity contribution >= 4 is 27.6 Å². The van der Waals surface area contributed by atoms with E-state index in [1.165, 1.54) is 0 Å². The van der Waals surface area contributed by atoms with E-state index in [0.717, 1.165) is 32.8 Å². The summed E-state index contributed by atoms with van der Waals surface area (Å²) >= 11 is 0. The molecule has 0 unspecified atom stereocenters. The van der Waals surface area contributed by atoms with E-state index in [4.69, 9.17) is 4.74 Å². The van der Waals surface area contributed by atoms with Crippen LogP contribution in [0.1, 0.15) is 11.1 Å². The van der Waals surface area contributed by atoms with Gasteiger partial charge in [0.1, 0.15) is 6.04 Å². The van der Waals surface area contributed by atoms with E-state index in [0.29, 0.717) is 5.69 Å². The van der Waals surface area contributed by atoms with Crippen molar-refractivity contribution in [2.45, 2.75) is 19.0 Å². The van der Waals surface area contributed by atoms with E-state index in [2.05, 4.69) is 5.32 Å². The van der Waals surface area contributed by atoms with Crippen molar-refractivity contribution < 1.29 is 22.7 Å². The van der Waals surface area contributed by atoms with E-state index >= 15 is 0 Å². The van der Waals surface area contributed by atoms with Crippen LogP contribution in [0.5, 0.6) is 0 Å². The zero-order valence-electron chi connectivity index (χ0n) is 18.1. The fraction of sp³-hybridized carbons (Fsp3) is 0.200. The molecule has 1 atom stereocenters. The lowest BCUT2D eigenvalue weighted by Crippen LogP contribution is -2.49. The van der Waals surface area contributed by atoms with Crippen molar-refractivity contribution in [3.8, 4) is 11.1 Å². The van der Waals surface area contributed by atoms with Crippen LogP contribution in [-0.4, -0.2) is 43.5 Å². The predicted molar refractivity (Wildman–Crippen MR) is 126 cm³/mol. The smallest absolute Gasteiger partial charge is 0.325 e. The number of benzene rings is 3. The Hall–Kier alpha value is -3.49. The van der Waals surface area contributed by atoms with Crippen molar-refractivity contribution in [1.82, 2.24) is 4.31 Å². The fourth-order valence-electron chi connectivity index (χ4n) is 3.85. The maximum absolute atomic E-state index is 12.7. The number of hydrogen-bond donors (Lipinski definition) is 1. The van der Waals surface area contributed by atoms with E-state index in [1.807, 2.05) is 66.7 Å². The van der Waals surface area contributed by atoms with Gasteiger partial charge in [-0.3, -0.25) is 9.59 Å². The molecule has 8 heteroatoms. The lowest BCUT2D eigenvalue weighted by molar-refractivity contribution is -0.151. The van der Waals surface area contributed by atoms with Crippen molar-refractivity contribution in [2.75, 3.05) is 18.2 Å². The molecule has 1 amide bonds. The van der Waals surface area contributed by atoms with Gasteiger partial charge in [0.05, 0.1) is 6.26 Å². The lowest BCUT2D eigenvalue weighted by Gasteiger charge is -2.33. The molecule has 4 rings (SSSR count). The third-order valence-corrected chi connectivity index (χ3v) is 6.76. The number of fused-ring (bicyclic) bond motifs is 1. The second-order valence-electron chi connectivity index (χ2n) is 7.90. The van der Waals surface area contributed by atoms with Gasteiger partial charge in [0.2, 0.25) is 10.0 Å². The van der Waals surface area contributed by atoms with E-state index in [9.17, 15) is 18.0 Å². The summed E-state index contributed by atoms with van der Waals surface area (Å²) in [7, 11) is -3.64. The van der Waals surface area contributed by atoms with Gasteiger partial charge >= 0.3 is 5.97 Å². The molecule has 0 fully saturated rings. The topological polar surface area (TPSA) is 92.8 Å². The van der Waals surface area contributed by atoms with Gasteiger partial charge in [-0.1, -0.05) is 66.7 Å². The van der Waals surface area contributed by atoms with Crippen LogP contribution in [0.2, 0.25) is 0 Å². The van der Waals surface area contributed by atoms with Crippen molar-refractivity contribution in [3.05, 3.63) is 90.0 Å². The molecule has 3 aromatic rings. The molecule has 3 aromatic carbocycles. The first kappa shape index (κ1) is 22.7. The number of anilines is 1. The summed E-state index contributed by atoms with van der Waals surface area (Å²) in [6.07, 6.45) is 1.26. The number of carbonyl (C=O) groups is 2. The summed E-state index contributed by atoms with van der Waals surface area (Å²) in [5, 5.41) is 2.69. The second-order valence-corrected chi connectivity index (χ2v) is 9.83. The molecule has 0 saturated carbocycles. The van der Waals surface area contributed by atoms with Crippen molar-refractivity contribution in [1.29, 1.82) is 0 Å². The minimum atomic E-state index is -3.64. The predicted octanol–water partition coefficient (Wildman–Crippen LogP) is 3.22. The van der Waals surface area contributed by atoms with Gasteiger partial charge in [0.15, 0.2) is 6.61 Å². The Labute approximate surface area is 193 Å². The Balaban J connectivity index is 1.37. The second kappa shape index (κ2) is 9.56. The molecule has 0 saturated heterocycles. The maximum atomic E-state index is 12.7. The average molecular weight is 465 g/mol. The number of rotatable bonds is 6. The number of sulfonamides is 1. The highest BCUT2D eigenvalue weighted by atomic mass is 32.2. The van der Waals surface area contributed by atoms with Crippen molar-refractivity contribution in [2.24, 2.45) is 0 Å². The van der Waals surface area contributed by atoms with Crippen LogP contribution >= 0.6 is 0 Å². The molecule has 170 valence electrons. The minimum Gasteiger partial charge on any atom is -0.454 e. The number of amides is 1. The molecule has 33 heavy (non-hydrogen) atoms. The first-order valence-electron chi connectivity index (χ1n) is 10.5. The maximum Gasteiger partial charge on any atom is 0.325 e. The molecule has 0 radical (unpaired) electrons. The SMILES string of the molecule is CS(=O)(=O)N1Cc2ccccc2C[C@H]1C(=O)OCC(=O)Nc1ccc(-c2ccccc2)cc1. The number of ether oxygens (including phenoxy) is 1. The van der Waals surface area contributed by atoms with Crippen LogP contribution in [0.25, 0.3) is 11.1 Å². The summed E-state index contributed by atoms with van der Waals surface area (Å²) in [6.45, 7) is -0.413. The van der Waals surface area contributed by atoms with Gasteiger partial charge in [0.25, 0.3) is 5.91 Å². The Kier molecular flexibility index (Phi) is 6.57. The van der Waals surface area contributed by atoms with Crippen LogP contribution in [-0.2, 0) is 37.3 Å². The van der Waals surface area contributed by atoms with Gasteiger partial charge in [-0.15, -0.1) is 0 Å². The molecule has 1 heterocycles. The van der Waals surface area contributed by atoms with E-state index in [-0.39, 0.29) is 13.0 Å². The lowest BCUT2D eigenvalue weighted by atomic mass is 9.96. The van der Waals surface area contributed by atoms with E-state index < -0.39 is 34.5 Å². The van der Waals surface area contributed by atoms with Crippen LogP contribution in [0.4, 0.5) is 5.69 Å². The number of nitrogens with one attached hydrogen (secondary N) is 1. The number of hydrogen-bond acceptors (Lipinski definition) is 5. The average Bonchev–Trinajstić information content (AvgIpc) is 2.82. The highest BCUT2D eigenvalue weighted by Gasteiger charge is 2.38.